The second-order valence-corrected chi connectivity index (χ2v) is 7.79. The van der Waals surface area contributed by atoms with Gasteiger partial charge in [-0.25, -0.2) is 0 Å². The Bertz CT molecular complexity index is 592. The van der Waals surface area contributed by atoms with Gasteiger partial charge in [-0.15, -0.1) is 0 Å². The molecule has 142 valence electrons. The third-order valence-corrected chi connectivity index (χ3v) is 5.73. The molecule has 2 rings (SSSR count). The summed E-state index contributed by atoms with van der Waals surface area (Å²) in [5.41, 5.74) is 1.07. The van der Waals surface area contributed by atoms with E-state index in [2.05, 4.69) is 19.9 Å². The number of aryl methyl sites for hydroxylation is 1. The van der Waals surface area contributed by atoms with E-state index in [1.165, 1.54) is 31.2 Å². The van der Waals surface area contributed by atoms with Crippen LogP contribution in [0.5, 0.6) is 5.75 Å². The van der Waals surface area contributed by atoms with Crippen molar-refractivity contribution in [3.63, 3.8) is 0 Å². The third kappa shape index (κ3) is 5.87. The van der Waals surface area contributed by atoms with Gasteiger partial charge in [0, 0.05) is 0 Å². The van der Waals surface area contributed by atoms with E-state index in [0.29, 0.717) is 5.75 Å². The number of nitriles is 1. The maximum absolute atomic E-state index is 12.5. The molecule has 0 radical (unpaired) electrons. The lowest BCUT2D eigenvalue weighted by atomic mass is 9.69. The number of rotatable bonds is 9. The van der Waals surface area contributed by atoms with Crippen LogP contribution in [0.2, 0.25) is 0 Å². The first-order chi connectivity index (χ1) is 12.6. The van der Waals surface area contributed by atoms with Gasteiger partial charge in [-0.05, 0) is 62.6 Å². The van der Waals surface area contributed by atoms with Crippen LogP contribution in [0.15, 0.2) is 24.3 Å². The molecule has 3 heteroatoms. The van der Waals surface area contributed by atoms with Crippen LogP contribution in [-0.4, -0.2) is 5.97 Å². The zero-order chi connectivity index (χ0) is 18.8. The molecule has 0 saturated heterocycles. The molecule has 0 aliphatic heterocycles. The number of carbonyl (C=O) groups is 1. The molecule has 0 spiro atoms. The molecule has 1 fully saturated rings. The third-order valence-electron chi connectivity index (χ3n) is 5.73. The van der Waals surface area contributed by atoms with Gasteiger partial charge in [0.1, 0.15) is 5.75 Å². The molecule has 3 nitrogen and oxygen atoms in total. The Morgan fingerprint density at radius 2 is 1.77 bits per heavy atom. The number of unbranched alkanes of at least 4 members (excludes halogenated alkanes) is 3. The lowest BCUT2D eigenvalue weighted by molar-refractivity contribution is -0.140. The number of carbonyl (C=O) groups excluding carboxylic acids is 1. The van der Waals surface area contributed by atoms with Crippen LogP contribution < -0.4 is 4.74 Å². The second-order valence-electron chi connectivity index (χ2n) is 7.79. The van der Waals surface area contributed by atoms with Crippen LogP contribution in [0, 0.1) is 22.7 Å². The molecule has 1 aliphatic rings. The molecule has 0 aromatic heterocycles. The Morgan fingerprint density at radius 1 is 1.12 bits per heavy atom. The standard InChI is InChI=1S/C23H33NO2/c1-3-5-7-15-23(18-24)16-13-20(14-17-23)22(25)26-21-11-9-19(10-12-21)8-6-4-2/h9-12,20H,3-8,13-17H2,1-2H3. The fourth-order valence-corrected chi connectivity index (χ4v) is 3.84. The van der Waals surface area contributed by atoms with Gasteiger partial charge < -0.3 is 4.74 Å². The molecular weight excluding hydrogens is 322 g/mol. The first kappa shape index (κ1) is 20.5. The minimum absolute atomic E-state index is 0.0672. The Kier molecular flexibility index (Phi) is 8.16. The van der Waals surface area contributed by atoms with E-state index in [4.69, 9.17) is 4.74 Å². The van der Waals surface area contributed by atoms with Crippen LogP contribution in [0.3, 0.4) is 0 Å². The highest BCUT2D eigenvalue weighted by molar-refractivity contribution is 5.75. The molecule has 1 aliphatic carbocycles. The van der Waals surface area contributed by atoms with Crippen molar-refractivity contribution in [3.8, 4) is 11.8 Å². The number of hydrogen-bond acceptors (Lipinski definition) is 3. The van der Waals surface area contributed by atoms with Gasteiger partial charge >= 0.3 is 5.97 Å². The summed E-state index contributed by atoms with van der Waals surface area (Å²) in [6.07, 6.45) is 11.1. The molecule has 0 amide bonds. The molecule has 1 aromatic rings. The van der Waals surface area contributed by atoms with Gasteiger partial charge in [0.05, 0.1) is 17.4 Å². The molecule has 1 saturated carbocycles. The van der Waals surface area contributed by atoms with Crippen molar-refractivity contribution in [2.45, 2.75) is 84.5 Å². The van der Waals surface area contributed by atoms with Gasteiger partial charge in [0.15, 0.2) is 0 Å². The molecular formula is C23H33NO2. The zero-order valence-electron chi connectivity index (χ0n) is 16.4. The number of ether oxygens (including phenoxy) is 1. The van der Waals surface area contributed by atoms with Gasteiger partial charge in [0.2, 0.25) is 0 Å². The first-order valence-corrected chi connectivity index (χ1v) is 10.3. The fourth-order valence-electron chi connectivity index (χ4n) is 3.84. The maximum Gasteiger partial charge on any atom is 0.314 e. The molecule has 0 unspecified atom stereocenters. The van der Waals surface area contributed by atoms with Crippen molar-refractivity contribution in [2.75, 3.05) is 0 Å². The number of nitrogens with zero attached hydrogens (tertiary/aromatic N) is 1. The SMILES string of the molecule is CCCCCC1(C#N)CCC(C(=O)Oc2ccc(CCCC)cc2)CC1. The summed E-state index contributed by atoms with van der Waals surface area (Å²) < 4.78 is 5.59. The van der Waals surface area contributed by atoms with E-state index in [1.807, 2.05) is 24.3 Å². The molecule has 26 heavy (non-hydrogen) atoms. The quantitative estimate of drug-likeness (QED) is 0.300. The van der Waals surface area contributed by atoms with Crippen molar-refractivity contribution in [2.24, 2.45) is 11.3 Å². The lowest BCUT2D eigenvalue weighted by Gasteiger charge is -2.34. The van der Waals surface area contributed by atoms with Crippen LogP contribution in [0.25, 0.3) is 0 Å². The molecule has 0 heterocycles. The Labute approximate surface area is 158 Å². The van der Waals surface area contributed by atoms with Crippen molar-refractivity contribution in [1.29, 1.82) is 5.26 Å². The van der Waals surface area contributed by atoms with E-state index in [0.717, 1.165) is 44.9 Å². The summed E-state index contributed by atoms with van der Waals surface area (Å²) in [5, 5.41) is 9.62. The smallest absolute Gasteiger partial charge is 0.314 e. The summed E-state index contributed by atoms with van der Waals surface area (Å²) >= 11 is 0. The largest absolute Gasteiger partial charge is 0.426 e. The normalized spacial score (nSPS) is 22.6. The highest BCUT2D eigenvalue weighted by Crippen LogP contribution is 2.42. The van der Waals surface area contributed by atoms with Gasteiger partial charge in [0.25, 0.3) is 0 Å². The Morgan fingerprint density at radius 3 is 2.35 bits per heavy atom. The molecule has 0 bridgehead atoms. The van der Waals surface area contributed by atoms with Crippen LogP contribution >= 0.6 is 0 Å². The van der Waals surface area contributed by atoms with Crippen molar-refractivity contribution in [1.82, 2.24) is 0 Å². The average molecular weight is 356 g/mol. The summed E-state index contributed by atoms with van der Waals surface area (Å²) in [6.45, 7) is 4.37. The minimum atomic E-state index is -0.215. The predicted molar refractivity (Wildman–Crippen MR) is 105 cm³/mol. The number of benzene rings is 1. The number of hydrogen-bond donors (Lipinski definition) is 0. The average Bonchev–Trinajstić information content (AvgIpc) is 2.68. The van der Waals surface area contributed by atoms with Crippen LogP contribution in [0.1, 0.15) is 83.6 Å². The maximum atomic E-state index is 12.5. The van der Waals surface area contributed by atoms with Gasteiger partial charge in [-0.1, -0.05) is 51.7 Å². The monoisotopic (exact) mass is 355 g/mol. The highest BCUT2D eigenvalue weighted by Gasteiger charge is 2.37. The Hall–Kier alpha value is -1.82. The Balaban J connectivity index is 1.83. The van der Waals surface area contributed by atoms with E-state index in [-0.39, 0.29) is 17.3 Å². The fraction of sp³-hybridized carbons (Fsp3) is 0.652. The van der Waals surface area contributed by atoms with Gasteiger partial charge in [-0.3, -0.25) is 4.79 Å². The van der Waals surface area contributed by atoms with Crippen LogP contribution in [0.4, 0.5) is 0 Å². The van der Waals surface area contributed by atoms with E-state index in [9.17, 15) is 10.1 Å². The summed E-state index contributed by atoms with van der Waals surface area (Å²) in [6, 6.07) is 10.5. The van der Waals surface area contributed by atoms with E-state index >= 15 is 0 Å². The van der Waals surface area contributed by atoms with Gasteiger partial charge in [-0.2, -0.15) is 5.26 Å². The first-order valence-electron chi connectivity index (χ1n) is 10.3. The summed E-state index contributed by atoms with van der Waals surface area (Å²) in [4.78, 5) is 12.5. The minimum Gasteiger partial charge on any atom is -0.426 e. The molecule has 1 aromatic carbocycles. The highest BCUT2D eigenvalue weighted by atomic mass is 16.5. The number of esters is 1. The van der Waals surface area contributed by atoms with E-state index < -0.39 is 0 Å². The van der Waals surface area contributed by atoms with Crippen molar-refractivity contribution < 1.29 is 9.53 Å². The van der Waals surface area contributed by atoms with Crippen molar-refractivity contribution >= 4 is 5.97 Å². The summed E-state index contributed by atoms with van der Waals surface area (Å²) in [7, 11) is 0. The van der Waals surface area contributed by atoms with Crippen molar-refractivity contribution in [3.05, 3.63) is 29.8 Å². The molecule has 0 atom stereocenters. The second kappa shape index (κ2) is 10.4. The topological polar surface area (TPSA) is 50.1 Å². The lowest BCUT2D eigenvalue weighted by Crippen LogP contribution is -2.31. The van der Waals surface area contributed by atoms with Crippen LogP contribution in [-0.2, 0) is 11.2 Å². The predicted octanol–water partition coefficient (Wildman–Crippen LogP) is 6.22. The summed E-state index contributed by atoms with van der Waals surface area (Å²) in [5.74, 6) is 0.434. The molecule has 0 N–H and O–H groups in total. The zero-order valence-corrected chi connectivity index (χ0v) is 16.4. The van der Waals surface area contributed by atoms with E-state index in [1.54, 1.807) is 0 Å².